The topological polar surface area (TPSA) is 105 Å². The fourth-order valence-electron chi connectivity index (χ4n) is 4.25. The van der Waals surface area contributed by atoms with Crippen molar-refractivity contribution in [2.75, 3.05) is 6.61 Å². The van der Waals surface area contributed by atoms with E-state index in [1.165, 1.54) is 6.92 Å². The molecule has 2 amide bonds. The zero-order chi connectivity index (χ0) is 23.3. The minimum absolute atomic E-state index is 0.0444. The number of fused-ring (bicyclic) bond motifs is 3. The first-order valence-electron chi connectivity index (χ1n) is 10.9. The van der Waals surface area contributed by atoms with Gasteiger partial charge in [-0.25, -0.2) is 9.59 Å². The second-order valence-electron chi connectivity index (χ2n) is 8.51. The summed E-state index contributed by atoms with van der Waals surface area (Å²) >= 11 is 0. The normalized spacial score (nSPS) is 15.1. The largest absolute Gasteiger partial charge is 0.480 e. The number of benzene rings is 2. The van der Waals surface area contributed by atoms with Crippen LogP contribution in [0.3, 0.4) is 0 Å². The summed E-state index contributed by atoms with van der Waals surface area (Å²) in [5.74, 6) is -1.56. The number of hydrogen-bond acceptors (Lipinski definition) is 4. The third-order valence-electron chi connectivity index (χ3n) is 5.84. The summed E-state index contributed by atoms with van der Waals surface area (Å²) in [6.07, 6.45) is 0.289. The smallest absolute Gasteiger partial charge is 0.407 e. The third kappa shape index (κ3) is 5.10. The van der Waals surface area contributed by atoms with E-state index < -0.39 is 29.6 Å². The molecule has 2 atom stereocenters. The molecule has 0 fully saturated rings. The van der Waals surface area contributed by atoms with E-state index in [1.807, 2.05) is 43.3 Å². The van der Waals surface area contributed by atoms with E-state index in [1.54, 1.807) is 6.92 Å². The summed E-state index contributed by atoms with van der Waals surface area (Å²) in [5.41, 5.74) is 3.22. The van der Waals surface area contributed by atoms with Gasteiger partial charge in [-0.05, 0) is 42.5 Å². The Hall–Kier alpha value is -3.35. The van der Waals surface area contributed by atoms with E-state index in [0.717, 1.165) is 22.3 Å². The number of ether oxygens (including phenoxy) is 1. The van der Waals surface area contributed by atoms with Gasteiger partial charge in [-0.15, -0.1) is 0 Å². The van der Waals surface area contributed by atoms with Gasteiger partial charge in [0, 0.05) is 18.4 Å². The molecule has 0 radical (unpaired) electrons. The van der Waals surface area contributed by atoms with Crippen LogP contribution < -0.4 is 10.6 Å². The number of carbonyl (C=O) groups excluding carboxylic acids is 2. The van der Waals surface area contributed by atoms with E-state index in [4.69, 9.17) is 4.74 Å². The van der Waals surface area contributed by atoms with Crippen LogP contribution in [0.2, 0.25) is 0 Å². The first-order valence-corrected chi connectivity index (χ1v) is 10.9. The number of carboxylic acid groups (broad SMARTS) is 1. The molecule has 7 heteroatoms. The molecule has 0 saturated heterocycles. The monoisotopic (exact) mass is 438 g/mol. The molecule has 2 aromatic carbocycles. The Bertz CT molecular complexity index is 960. The number of alkyl carbamates (subject to hydrolysis) is 1. The van der Waals surface area contributed by atoms with Gasteiger partial charge in [0.2, 0.25) is 5.91 Å². The number of rotatable bonds is 9. The first kappa shape index (κ1) is 23.3. The van der Waals surface area contributed by atoms with Crippen LogP contribution in [0.4, 0.5) is 4.79 Å². The molecule has 1 unspecified atom stereocenters. The molecule has 0 heterocycles. The summed E-state index contributed by atoms with van der Waals surface area (Å²) in [5, 5.41) is 14.6. The number of aliphatic carboxylic acids is 1. The molecule has 170 valence electrons. The SMILES string of the molecule is CCCC(C)(NC(=O)C[C@H](C)NC(=O)OCC1c2ccccc2-c2ccccc21)C(=O)O. The van der Waals surface area contributed by atoms with Gasteiger partial charge in [0.05, 0.1) is 0 Å². The van der Waals surface area contributed by atoms with E-state index in [0.29, 0.717) is 12.8 Å². The highest BCUT2D eigenvalue weighted by molar-refractivity contribution is 5.87. The maximum atomic E-state index is 12.4. The number of carboxylic acids is 1. The Morgan fingerprint density at radius 1 is 1.06 bits per heavy atom. The quantitative estimate of drug-likeness (QED) is 0.548. The Morgan fingerprint density at radius 3 is 2.16 bits per heavy atom. The van der Waals surface area contributed by atoms with Gasteiger partial charge in [-0.1, -0.05) is 61.9 Å². The molecule has 0 aliphatic heterocycles. The van der Waals surface area contributed by atoms with Crippen LogP contribution >= 0.6 is 0 Å². The lowest BCUT2D eigenvalue weighted by Crippen LogP contribution is -2.53. The lowest BCUT2D eigenvalue weighted by molar-refractivity contribution is -0.147. The summed E-state index contributed by atoms with van der Waals surface area (Å²) in [4.78, 5) is 36.1. The lowest BCUT2D eigenvalue weighted by atomic mass is 9.96. The highest BCUT2D eigenvalue weighted by atomic mass is 16.5. The van der Waals surface area contributed by atoms with Gasteiger partial charge in [0.1, 0.15) is 12.1 Å². The van der Waals surface area contributed by atoms with Crippen molar-refractivity contribution in [3.05, 3.63) is 59.7 Å². The van der Waals surface area contributed by atoms with Crippen LogP contribution in [0.15, 0.2) is 48.5 Å². The predicted molar refractivity (Wildman–Crippen MR) is 121 cm³/mol. The van der Waals surface area contributed by atoms with Crippen LogP contribution in [0.5, 0.6) is 0 Å². The van der Waals surface area contributed by atoms with Crippen molar-refractivity contribution in [1.82, 2.24) is 10.6 Å². The van der Waals surface area contributed by atoms with Crippen LogP contribution in [-0.2, 0) is 14.3 Å². The average molecular weight is 439 g/mol. The van der Waals surface area contributed by atoms with Gasteiger partial charge in [0.25, 0.3) is 0 Å². The Morgan fingerprint density at radius 2 is 1.62 bits per heavy atom. The molecule has 0 spiro atoms. The van der Waals surface area contributed by atoms with Crippen molar-refractivity contribution in [2.45, 2.75) is 57.5 Å². The zero-order valence-corrected chi connectivity index (χ0v) is 18.7. The van der Waals surface area contributed by atoms with E-state index in [2.05, 4.69) is 22.8 Å². The van der Waals surface area contributed by atoms with Crippen molar-refractivity contribution < 1.29 is 24.2 Å². The lowest BCUT2D eigenvalue weighted by Gasteiger charge is -2.26. The predicted octanol–water partition coefficient (Wildman–Crippen LogP) is 4.06. The molecule has 3 rings (SSSR count). The standard InChI is InChI=1S/C25H30N2O5/c1-4-13-25(3,23(29)30)27-22(28)14-16(2)26-24(31)32-15-21-19-11-7-5-9-17(19)18-10-6-8-12-20(18)21/h5-12,16,21H,4,13-15H2,1-3H3,(H,26,31)(H,27,28)(H,29,30)/t16-,25?/m0/s1. The fourth-order valence-corrected chi connectivity index (χ4v) is 4.25. The van der Waals surface area contributed by atoms with Crippen molar-refractivity contribution in [3.63, 3.8) is 0 Å². The van der Waals surface area contributed by atoms with Crippen LogP contribution in [0, 0.1) is 0 Å². The Kier molecular flexibility index (Phi) is 7.18. The number of nitrogens with one attached hydrogen (secondary N) is 2. The number of carbonyl (C=O) groups is 3. The number of hydrogen-bond donors (Lipinski definition) is 3. The van der Waals surface area contributed by atoms with Crippen LogP contribution in [0.1, 0.15) is 57.1 Å². The van der Waals surface area contributed by atoms with Crippen molar-refractivity contribution in [1.29, 1.82) is 0 Å². The van der Waals surface area contributed by atoms with E-state index >= 15 is 0 Å². The molecule has 32 heavy (non-hydrogen) atoms. The van der Waals surface area contributed by atoms with Gasteiger partial charge in [-0.3, -0.25) is 4.79 Å². The fraction of sp³-hybridized carbons (Fsp3) is 0.400. The van der Waals surface area contributed by atoms with Gasteiger partial charge >= 0.3 is 12.1 Å². The van der Waals surface area contributed by atoms with Crippen molar-refractivity contribution >= 4 is 18.0 Å². The van der Waals surface area contributed by atoms with Crippen molar-refractivity contribution in [2.24, 2.45) is 0 Å². The van der Waals surface area contributed by atoms with E-state index in [9.17, 15) is 19.5 Å². The summed E-state index contributed by atoms with van der Waals surface area (Å²) in [6, 6.07) is 15.7. The second-order valence-corrected chi connectivity index (χ2v) is 8.51. The summed E-state index contributed by atoms with van der Waals surface area (Å²) in [7, 11) is 0. The van der Waals surface area contributed by atoms with Gasteiger partial charge in [-0.2, -0.15) is 0 Å². The van der Waals surface area contributed by atoms with E-state index in [-0.39, 0.29) is 18.9 Å². The molecular weight excluding hydrogens is 408 g/mol. The Balaban J connectivity index is 1.54. The van der Waals surface area contributed by atoms with Crippen LogP contribution in [0.25, 0.3) is 11.1 Å². The third-order valence-corrected chi connectivity index (χ3v) is 5.84. The van der Waals surface area contributed by atoms with Gasteiger partial charge in [0.15, 0.2) is 0 Å². The Labute approximate surface area is 188 Å². The molecule has 0 bridgehead atoms. The molecule has 2 aromatic rings. The minimum Gasteiger partial charge on any atom is -0.480 e. The first-order chi connectivity index (χ1) is 15.2. The zero-order valence-electron chi connectivity index (χ0n) is 18.7. The summed E-state index contributed by atoms with van der Waals surface area (Å²) < 4.78 is 5.49. The molecular formula is C25H30N2O5. The second kappa shape index (κ2) is 9.85. The molecule has 0 aromatic heterocycles. The summed E-state index contributed by atoms with van der Waals surface area (Å²) in [6.45, 7) is 5.21. The van der Waals surface area contributed by atoms with Crippen molar-refractivity contribution in [3.8, 4) is 11.1 Å². The molecule has 7 nitrogen and oxygen atoms in total. The average Bonchev–Trinajstić information content (AvgIpc) is 3.06. The van der Waals surface area contributed by atoms with Gasteiger partial charge < -0.3 is 20.5 Å². The molecule has 1 aliphatic carbocycles. The molecule has 3 N–H and O–H groups in total. The maximum Gasteiger partial charge on any atom is 0.407 e. The highest BCUT2D eigenvalue weighted by Crippen LogP contribution is 2.44. The molecule has 1 aliphatic rings. The minimum atomic E-state index is -1.32. The number of amides is 2. The maximum absolute atomic E-state index is 12.4. The molecule has 0 saturated carbocycles. The van der Waals surface area contributed by atoms with Crippen LogP contribution in [-0.4, -0.2) is 41.3 Å². The highest BCUT2D eigenvalue weighted by Gasteiger charge is 2.34.